The minimum atomic E-state index is 0.291. The Balaban J connectivity index is 2.05. The summed E-state index contributed by atoms with van der Waals surface area (Å²) in [6.07, 6.45) is 6.30. The van der Waals surface area contributed by atoms with Crippen LogP contribution in [0.1, 0.15) is 26.7 Å². The summed E-state index contributed by atoms with van der Waals surface area (Å²) in [6.45, 7) is 7.49. The van der Waals surface area contributed by atoms with E-state index in [1.807, 2.05) is 6.20 Å². The van der Waals surface area contributed by atoms with E-state index in [0.29, 0.717) is 12.0 Å². The van der Waals surface area contributed by atoms with Crippen molar-refractivity contribution in [1.29, 1.82) is 0 Å². The van der Waals surface area contributed by atoms with Gasteiger partial charge in [-0.2, -0.15) is 0 Å². The molecule has 1 saturated heterocycles. The van der Waals surface area contributed by atoms with Gasteiger partial charge in [-0.15, -0.1) is 0 Å². The molecule has 0 amide bonds. The average Bonchev–Trinajstić information content (AvgIpc) is 2.84. The van der Waals surface area contributed by atoms with Gasteiger partial charge in [-0.25, -0.2) is 4.98 Å². The maximum atomic E-state index is 5.96. The largest absolute Gasteiger partial charge is 0.342 e. The highest BCUT2D eigenvalue weighted by Crippen LogP contribution is 2.24. The van der Waals surface area contributed by atoms with Crippen LogP contribution in [0.5, 0.6) is 0 Å². The third-order valence-corrected chi connectivity index (χ3v) is 3.41. The first-order chi connectivity index (χ1) is 7.72. The van der Waals surface area contributed by atoms with Crippen molar-refractivity contribution >= 4 is 5.95 Å². The number of hydrogen-bond donors (Lipinski definition) is 1. The Labute approximate surface area is 97.4 Å². The van der Waals surface area contributed by atoms with Gasteiger partial charge in [-0.05, 0) is 25.7 Å². The second-order valence-corrected chi connectivity index (χ2v) is 4.77. The van der Waals surface area contributed by atoms with Crippen molar-refractivity contribution < 1.29 is 0 Å². The second-order valence-electron chi connectivity index (χ2n) is 4.77. The summed E-state index contributed by atoms with van der Waals surface area (Å²) in [5.41, 5.74) is 5.96. The van der Waals surface area contributed by atoms with E-state index in [1.54, 1.807) is 0 Å². The van der Waals surface area contributed by atoms with Crippen molar-refractivity contribution in [2.75, 3.05) is 18.0 Å². The van der Waals surface area contributed by atoms with Crippen LogP contribution < -0.4 is 10.6 Å². The number of rotatable bonds is 4. The van der Waals surface area contributed by atoms with Crippen LogP contribution in [0.2, 0.25) is 0 Å². The lowest BCUT2D eigenvalue weighted by Crippen LogP contribution is -2.30. The number of nitrogens with two attached hydrogens (primary N) is 1. The molecule has 1 aromatic rings. The molecule has 0 aliphatic carbocycles. The predicted octanol–water partition coefficient (Wildman–Crippen LogP) is 1.47. The fourth-order valence-electron chi connectivity index (χ4n) is 2.40. The molecule has 2 atom stereocenters. The molecule has 4 heteroatoms. The van der Waals surface area contributed by atoms with Crippen molar-refractivity contribution in [3.8, 4) is 0 Å². The highest BCUT2D eigenvalue weighted by atomic mass is 15.3. The zero-order valence-electron chi connectivity index (χ0n) is 10.3. The lowest BCUT2D eigenvalue weighted by atomic mass is 10.0. The molecule has 0 aromatic carbocycles. The molecule has 1 aromatic heterocycles. The van der Waals surface area contributed by atoms with E-state index in [-0.39, 0.29) is 0 Å². The maximum Gasteiger partial charge on any atom is 0.205 e. The van der Waals surface area contributed by atoms with Crippen molar-refractivity contribution in [1.82, 2.24) is 9.55 Å². The smallest absolute Gasteiger partial charge is 0.205 e. The van der Waals surface area contributed by atoms with Gasteiger partial charge in [0.1, 0.15) is 0 Å². The van der Waals surface area contributed by atoms with Gasteiger partial charge in [0.15, 0.2) is 0 Å². The van der Waals surface area contributed by atoms with Gasteiger partial charge in [-0.1, -0.05) is 6.92 Å². The molecule has 2 N–H and O–H groups in total. The van der Waals surface area contributed by atoms with Crippen molar-refractivity contribution in [3.05, 3.63) is 12.4 Å². The normalized spacial score (nSPS) is 22.7. The van der Waals surface area contributed by atoms with Gasteiger partial charge >= 0.3 is 0 Å². The number of anilines is 1. The van der Waals surface area contributed by atoms with Crippen LogP contribution in [0.4, 0.5) is 5.95 Å². The highest BCUT2D eigenvalue weighted by molar-refractivity contribution is 5.33. The summed E-state index contributed by atoms with van der Waals surface area (Å²) in [5, 5.41) is 0. The molecule has 4 nitrogen and oxygen atoms in total. The summed E-state index contributed by atoms with van der Waals surface area (Å²) in [5.74, 6) is 1.73. The van der Waals surface area contributed by atoms with E-state index in [1.165, 1.54) is 6.42 Å². The van der Waals surface area contributed by atoms with Gasteiger partial charge in [0, 0.05) is 38.1 Å². The van der Waals surface area contributed by atoms with E-state index < -0.39 is 0 Å². The zero-order chi connectivity index (χ0) is 11.5. The fourth-order valence-corrected chi connectivity index (χ4v) is 2.40. The maximum absolute atomic E-state index is 5.96. The molecule has 1 aliphatic rings. The summed E-state index contributed by atoms with van der Waals surface area (Å²) < 4.78 is 2.24. The molecule has 2 rings (SSSR count). The van der Waals surface area contributed by atoms with Crippen LogP contribution in [0, 0.1) is 5.92 Å². The summed E-state index contributed by atoms with van der Waals surface area (Å²) >= 11 is 0. The first-order valence-corrected chi connectivity index (χ1v) is 6.24. The van der Waals surface area contributed by atoms with Crippen LogP contribution >= 0.6 is 0 Å². The Morgan fingerprint density at radius 2 is 2.44 bits per heavy atom. The van der Waals surface area contributed by atoms with Gasteiger partial charge < -0.3 is 15.2 Å². The van der Waals surface area contributed by atoms with Crippen LogP contribution in [0.15, 0.2) is 12.4 Å². The summed E-state index contributed by atoms with van der Waals surface area (Å²) in [6, 6.07) is 0.291. The zero-order valence-corrected chi connectivity index (χ0v) is 10.3. The lowest BCUT2D eigenvalue weighted by molar-refractivity contribution is 0.487. The molecular formula is C12H22N4. The number of aryl methyl sites for hydroxylation is 1. The average molecular weight is 222 g/mol. The monoisotopic (exact) mass is 222 g/mol. The minimum Gasteiger partial charge on any atom is -0.342 e. The van der Waals surface area contributed by atoms with Gasteiger partial charge in [0.2, 0.25) is 5.95 Å². The standard InChI is InChI=1S/C12H22N4/c1-3-6-15-8-5-14-12(15)16-7-4-11(9-16)10(2)13/h5,8,10-11H,3-4,6-7,9,13H2,1-2H3. The third kappa shape index (κ3) is 2.21. The van der Waals surface area contributed by atoms with E-state index in [0.717, 1.165) is 32.0 Å². The van der Waals surface area contributed by atoms with Crippen LogP contribution in [-0.4, -0.2) is 28.7 Å². The van der Waals surface area contributed by atoms with Crippen LogP contribution in [0.3, 0.4) is 0 Å². The fraction of sp³-hybridized carbons (Fsp3) is 0.750. The number of hydrogen-bond acceptors (Lipinski definition) is 3. The number of aromatic nitrogens is 2. The summed E-state index contributed by atoms with van der Waals surface area (Å²) in [7, 11) is 0. The molecular weight excluding hydrogens is 200 g/mol. The Bertz CT molecular complexity index is 332. The van der Waals surface area contributed by atoms with E-state index in [4.69, 9.17) is 5.73 Å². The molecule has 2 heterocycles. The number of imidazole rings is 1. The SMILES string of the molecule is CCCn1ccnc1N1CCC(C(C)N)C1. The summed E-state index contributed by atoms with van der Waals surface area (Å²) in [4.78, 5) is 6.82. The van der Waals surface area contributed by atoms with Crippen molar-refractivity contribution in [3.63, 3.8) is 0 Å². The molecule has 0 bridgehead atoms. The van der Waals surface area contributed by atoms with Crippen LogP contribution in [-0.2, 0) is 6.54 Å². The minimum absolute atomic E-state index is 0.291. The van der Waals surface area contributed by atoms with Crippen molar-refractivity contribution in [2.45, 2.75) is 39.3 Å². The predicted molar refractivity (Wildman–Crippen MR) is 66.5 cm³/mol. The Kier molecular flexibility index (Phi) is 3.49. The second kappa shape index (κ2) is 4.87. The van der Waals surface area contributed by atoms with Gasteiger partial charge in [-0.3, -0.25) is 0 Å². The molecule has 1 aliphatic heterocycles. The highest BCUT2D eigenvalue weighted by Gasteiger charge is 2.27. The quantitative estimate of drug-likeness (QED) is 0.839. The lowest BCUT2D eigenvalue weighted by Gasteiger charge is -2.20. The first kappa shape index (κ1) is 11.5. The molecule has 0 saturated carbocycles. The molecule has 0 radical (unpaired) electrons. The van der Waals surface area contributed by atoms with Crippen LogP contribution in [0.25, 0.3) is 0 Å². The van der Waals surface area contributed by atoms with Crippen molar-refractivity contribution in [2.24, 2.45) is 11.7 Å². The van der Waals surface area contributed by atoms with Gasteiger partial charge in [0.25, 0.3) is 0 Å². The Morgan fingerprint density at radius 3 is 3.06 bits per heavy atom. The van der Waals surface area contributed by atoms with E-state index in [2.05, 4.69) is 34.5 Å². The third-order valence-electron chi connectivity index (χ3n) is 3.41. The molecule has 0 spiro atoms. The Morgan fingerprint density at radius 1 is 1.62 bits per heavy atom. The molecule has 90 valence electrons. The topological polar surface area (TPSA) is 47.1 Å². The first-order valence-electron chi connectivity index (χ1n) is 6.24. The van der Waals surface area contributed by atoms with E-state index >= 15 is 0 Å². The molecule has 16 heavy (non-hydrogen) atoms. The molecule has 2 unspecified atom stereocenters. The Hall–Kier alpha value is -1.03. The van der Waals surface area contributed by atoms with Gasteiger partial charge in [0.05, 0.1) is 0 Å². The van der Waals surface area contributed by atoms with E-state index in [9.17, 15) is 0 Å². The molecule has 1 fully saturated rings. The number of nitrogens with zero attached hydrogens (tertiary/aromatic N) is 3.